The number of nitrogens with one attached hydrogen (secondary N) is 1. The Kier molecular flexibility index (Phi) is 3.21. The van der Waals surface area contributed by atoms with Gasteiger partial charge in [-0.3, -0.25) is 4.98 Å². The molecule has 2 unspecified atom stereocenters. The second-order valence-electron chi connectivity index (χ2n) is 6.95. The van der Waals surface area contributed by atoms with E-state index in [1.807, 2.05) is 12.4 Å². The second-order valence-corrected chi connectivity index (χ2v) is 6.95. The maximum absolute atomic E-state index is 4.60. The van der Waals surface area contributed by atoms with Gasteiger partial charge in [0.05, 0.1) is 18.1 Å². The molecule has 1 saturated carbocycles. The van der Waals surface area contributed by atoms with E-state index in [0.717, 1.165) is 30.0 Å². The van der Waals surface area contributed by atoms with E-state index in [4.69, 9.17) is 0 Å². The summed E-state index contributed by atoms with van der Waals surface area (Å²) < 4.78 is 0. The third kappa shape index (κ3) is 2.89. The third-order valence-corrected chi connectivity index (χ3v) is 4.20. The minimum Gasteiger partial charge on any atom is -0.352 e. The molecule has 2 heterocycles. The minimum absolute atomic E-state index is 0.119. The Bertz CT molecular complexity index is 434. The van der Waals surface area contributed by atoms with E-state index in [1.54, 1.807) is 0 Å². The van der Waals surface area contributed by atoms with Gasteiger partial charge in [0.2, 0.25) is 0 Å². The summed E-state index contributed by atoms with van der Waals surface area (Å²) in [7, 11) is 0. The van der Waals surface area contributed by atoms with Crippen molar-refractivity contribution in [2.75, 3.05) is 11.4 Å². The summed E-state index contributed by atoms with van der Waals surface area (Å²) >= 11 is 0. The topological polar surface area (TPSA) is 41.1 Å². The van der Waals surface area contributed by atoms with Gasteiger partial charge in [-0.2, -0.15) is 0 Å². The molecule has 0 spiro atoms. The lowest BCUT2D eigenvalue weighted by atomic mass is 10.1. The van der Waals surface area contributed by atoms with Crippen molar-refractivity contribution in [2.24, 2.45) is 5.92 Å². The first-order valence-electron chi connectivity index (χ1n) is 7.34. The second kappa shape index (κ2) is 4.75. The quantitative estimate of drug-likeness (QED) is 0.906. The zero-order valence-electron chi connectivity index (χ0n) is 12.2. The van der Waals surface area contributed by atoms with Gasteiger partial charge in [0.1, 0.15) is 5.82 Å². The van der Waals surface area contributed by atoms with Crippen molar-refractivity contribution >= 4 is 5.82 Å². The fraction of sp³-hybridized carbons (Fsp3) is 0.733. The van der Waals surface area contributed by atoms with Crippen molar-refractivity contribution in [2.45, 2.75) is 58.2 Å². The molecule has 2 fully saturated rings. The predicted molar refractivity (Wildman–Crippen MR) is 77.1 cm³/mol. The fourth-order valence-corrected chi connectivity index (χ4v) is 3.15. The van der Waals surface area contributed by atoms with E-state index in [-0.39, 0.29) is 5.54 Å². The van der Waals surface area contributed by atoms with Crippen LogP contribution in [0.15, 0.2) is 12.4 Å². The van der Waals surface area contributed by atoms with E-state index < -0.39 is 0 Å². The average molecular weight is 260 g/mol. The number of anilines is 1. The number of rotatable bonds is 3. The summed E-state index contributed by atoms with van der Waals surface area (Å²) in [6, 6.07) is 0.720. The summed E-state index contributed by atoms with van der Waals surface area (Å²) in [6.07, 6.45) is 7.96. The van der Waals surface area contributed by atoms with Crippen molar-refractivity contribution in [3.63, 3.8) is 0 Å². The van der Waals surface area contributed by atoms with E-state index in [1.165, 1.54) is 25.8 Å². The molecule has 4 nitrogen and oxygen atoms in total. The van der Waals surface area contributed by atoms with Gasteiger partial charge in [0.25, 0.3) is 0 Å². The molecule has 3 rings (SSSR count). The molecular formula is C15H24N4. The number of fused-ring (bicyclic) bond motifs is 2. The number of nitrogens with zero attached hydrogens (tertiary/aromatic N) is 3. The Labute approximate surface area is 115 Å². The summed E-state index contributed by atoms with van der Waals surface area (Å²) in [4.78, 5) is 11.6. The van der Waals surface area contributed by atoms with E-state index in [2.05, 4.69) is 41.0 Å². The highest BCUT2D eigenvalue weighted by molar-refractivity contribution is 5.40. The highest BCUT2D eigenvalue weighted by Crippen LogP contribution is 2.39. The van der Waals surface area contributed by atoms with Gasteiger partial charge in [-0.15, -0.1) is 0 Å². The van der Waals surface area contributed by atoms with Crippen LogP contribution in [0, 0.1) is 5.92 Å². The molecular weight excluding hydrogens is 236 g/mol. The van der Waals surface area contributed by atoms with Crippen LogP contribution in [-0.4, -0.2) is 28.1 Å². The predicted octanol–water partition coefficient (Wildman–Crippen LogP) is 2.35. The monoisotopic (exact) mass is 260 g/mol. The molecule has 1 aliphatic carbocycles. The Balaban J connectivity index is 1.63. The van der Waals surface area contributed by atoms with Crippen LogP contribution in [0.2, 0.25) is 0 Å². The van der Waals surface area contributed by atoms with Crippen LogP contribution in [0.5, 0.6) is 0 Å². The molecule has 2 bridgehead atoms. The summed E-state index contributed by atoms with van der Waals surface area (Å²) in [6.45, 7) is 8.45. The molecule has 1 saturated heterocycles. The molecule has 104 valence electrons. The average Bonchev–Trinajstić information content (AvgIpc) is 2.98. The summed E-state index contributed by atoms with van der Waals surface area (Å²) in [5.74, 6) is 1.96. The lowest BCUT2D eigenvalue weighted by Crippen LogP contribution is -2.35. The fourth-order valence-electron chi connectivity index (χ4n) is 3.15. The lowest BCUT2D eigenvalue weighted by molar-refractivity contribution is 0.421. The molecule has 0 radical (unpaired) electrons. The smallest absolute Gasteiger partial charge is 0.147 e. The zero-order chi connectivity index (χ0) is 13.5. The van der Waals surface area contributed by atoms with Gasteiger partial charge in [-0.1, -0.05) is 0 Å². The molecule has 1 aromatic rings. The van der Waals surface area contributed by atoms with Crippen LogP contribution < -0.4 is 10.2 Å². The summed E-state index contributed by atoms with van der Waals surface area (Å²) in [5.41, 5.74) is 1.14. The first-order chi connectivity index (χ1) is 9.01. The Morgan fingerprint density at radius 2 is 2.11 bits per heavy atom. The van der Waals surface area contributed by atoms with Gasteiger partial charge in [-0.05, 0) is 46.0 Å². The van der Waals surface area contributed by atoms with E-state index in [0.29, 0.717) is 0 Å². The Morgan fingerprint density at radius 3 is 2.63 bits per heavy atom. The van der Waals surface area contributed by atoms with Crippen LogP contribution in [-0.2, 0) is 6.54 Å². The number of hydrogen-bond acceptors (Lipinski definition) is 4. The number of aromatic nitrogens is 2. The standard InChI is InChI=1S/C15H24N4/c1-15(2,3)18-8-12-7-17-14(9-16-12)19-10-11-4-5-13(19)6-11/h7,9,11,13,18H,4-6,8,10H2,1-3H3. The van der Waals surface area contributed by atoms with E-state index in [9.17, 15) is 0 Å². The van der Waals surface area contributed by atoms with Crippen LogP contribution in [0.4, 0.5) is 5.82 Å². The Hall–Kier alpha value is -1.16. The zero-order valence-corrected chi connectivity index (χ0v) is 12.2. The molecule has 2 atom stereocenters. The van der Waals surface area contributed by atoms with Crippen LogP contribution >= 0.6 is 0 Å². The molecule has 1 N–H and O–H groups in total. The summed E-state index contributed by atoms with van der Waals surface area (Å²) in [5, 5.41) is 3.44. The highest BCUT2D eigenvalue weighted by atomic mass is 15.2. The normalized spacial score (nSPS) is 26.2. The van der Waals surface area contributed by atoms with Gasteiger partial charge >= 0.3 is 0 Å². The lowest BCUT2D eigenvalue weighted by Gasteiger charge is -2.27. The third-order valence-electron chi connectivity index (χ3n) is 4.20. The molecule has 2 aliphatic rings. The van der Waals surface area contributed by atoms with Crippen molar-refractivity contribution in [3.05, 3.63) is 18.1 Å². The molecule has 0 amide bonds. The Morgan fingerprint density at radius 1 is 1.26 bits per heavy atom. The minimum atomic E-state index is 0.119. The SMILES string of the molecule is CC(C)(C)NCc1cnc(N2CC3CCC2C3)cn1. The maximum Gasteiger partial charge on any atom is 0.147 e. The highest BCUT2D eigenvalue weighted by Gasteiger charge is 2.38. The van der Waals surface area contributed by atoms with Crippen LogP contribution in [0.25, 0.3) is 0 Å². The first kappa shape index (κ1) is 12.9. The molecule has 0 aromatic carbocycles. The van der Waals surface area contributed by atoms with Gasteiger partial charge in [0.15, 0.2) is 0 Å². The largest absolute Gasteiger partial charge is 0.352 e. The molecule has 1 aliphatic heterocycles. The first-order valence-corrected chi connectivity index (χ1v) is 7.34. The van der Waals surface area contributed by atoms with Crippen molar-refractivity contribution in [1.29, 1.82) is 0 Å². The van der Waals surface area contributed by atoms with Crippen molar-refractivity contribution in [3.8, 4) is 0 Å². The van der Waals surface area contributed by atoms with Crippen molar-refractivity contribution < 1.29 is 0 Å². The van der Waals surface area contributed by atoms with E-state index >= 15 is 0 Å². The van der Waals surface area contributed by atoms with Crippen LogP contribution in [0.1, 0.15) is 45.7 Å². The maximum atomic E-state index is 4.60. The van der Waals surface area contributed by atoms with Gasteiger partial charge in [-0.25, -0.2) is 4.98 Å². The van der Waals surface area contributed by atoms with Crippen LogP contribution in [0.3, 0.4) is 0 Å². The molecule has 1 aromatic heterocycles. The number of piperidine rings is 1. The molecule has 19 heavy (non-hydrogen) atoms. The van der Waals surface area contributed by atoms with Gasteiger partial charge in [0, 0.05) is 24.7 Å². The molecule has 4 heteroatoms. The number of hydrogen-bond donors (Lipinski definition) is 1. The van der Waals surface area contributed by atoms with Gasteiger partial charge < -0.3 is 10.2 Å². The van der Waals surface area contributed by atoms with Crippen molar-refractivity contribution in [1.82, 2.24) is 15.3 Å².